The van der Waals surface area contributed by atoms with Crippen LogP contribution < -0.4 is 0 Å². The van der Waals surface area contributed by atoms with Gasteiger partial charge in [0.2, 0.25) is 0 Å². The van der Waals surface area contributed by atoms with Crippen LogP contribution in [0.1, 0.15) is 41.5 Å². The molecule has 0 unspecified atom stereocenters. The quantitative estimate of drug-likeness (QED) is 0.456. The molecule has 18 heavy (non-hydrogen) atoms. The lowest BCUT2D eigenvalue weighted by Gasteiger charge is -1.79. The van der Waals surface area contributed by atoms with Crippen molar-refractivity contribution in [2.75, 3.05) is 7.11 Å². The number of carboxylic acid groups (broad SMARTS) is 4. The van der Waals surface area contributed by atoms with Gasteiger partial charge in [-0.2, -0.15) is 0 Å². The smallest absolute Gasteiger partial charge is 0.450 e. The highest BCUT2D eigenvalue weighted by molar-refractivity contribution is 5.53. The van der Waals surface area contributed by atoms with Gasteiger partial charge in [0, 0.05) is 7.11 Å². The maximum absolute atomic E-state index is 8.56. The van der Waals surface area contributed by atoms with Crippen LogP contribution in [0.4, 0.5) is 9.59 Å². The predicted molar refractivity (Wildman–Crippen MR) is 70.5 cm³/mol. The number of hydrogen-bond acceptors (Lipinski definition) is 3. The summed E-state index contributed by atoms with van der Waals surface area (Å²) in [6.07, 6.45) is -3.67. The Morgan fingerprint density at radius 1 is 0.611 bits per heavy atom. The van der Waals surface area contributed by atoms with Gasteiger partial charge in [-0.25, -0.2) is 9.59 Å². The van der Waals surface area contributed by atoms with Crippen molar-refractivity contribution in [3.05, 3.63) is 0 Å². The van der Waals surface area contributed by atoms with E-state index in [1.165, 1.54) is 0 Å². The van der Waals surface area contributed by atoms with Gasteiger partial charge in [0.25, 0.3) is 0 Å². The van der Waals surface area contributed by atoms with Gasteiger partial charge in [0.1, 0.15) is 0 Å². The molecule has 0 aliphatic carbocycles. The van der Waals surface area contributed by atoms with E-state index in [2.05, 4.69) is 41.5 Å². The second-order valence-corrected chi connectivity index (χ2v) is 4.03. The third-order valence-corrected chi connectivity index (χ3v) is 0. The molecule has 114 valence electrons. The minimum absolute atomic E-state index is 0.833. The average Bonchev–Trinajstić information content (AvgIpc) is 2.01. The molecule has 5 N–H and O–H groups in total. The maximum Gasteiger partial charge on any atom is 0.503 e. The molecule has 0 fully saturated rings. The van der Waals surface area contributed by atoms with Gasteiger partial charge in [-0.15, -0.1) is 0 Å². The van der Waals surface area contributed by atoms with Crippen LogP contribution in [0.15, 0.2) is 0 Å². The lowest BCUT2D eigenvalue weighted by Crippen LogP contribution is -1.81. The highest BCUT2D eigenvalue weighted by atomic mass is 16.6. The minimum atomic E-state index is -1.83. The van der Waals surface area contributed by atoms with Crippen LogP contribution in [0, 0.1) is 11.8 Å². The third-order valence-electron chi connectivity index (χ3n) is 0. The third kappa shape index (κ3) is 1170. The molecule has 7 nitrogen and oxygen atoms in total. The molecule has 0 aromatic heterocycles. The zero-order chi connectivity index (χ0) is 16.3. The molecule has 0 heterocycles. The Hall–Kier alpha value is -1.50. The second-order valence-electron chi connectivity index (χ2n) is 4.03. The van der Waals surface area contributed by atoms with E-state index in [1.807, 2.05) is 0 Å². The molecular weight excluding hydrogens is 244 g/mol. The fraction of sp³-hybridized carbons (Fsp3) is 0.818. The first-order chi connectivity index (χ1) is 7.93. The molecule has 0 saturated heterocycles. The molecule has 0 rings (SSSR count). The maximum atomic E-state index is 8.56. The van der Waals surface area contributed by atoms with Crippen molar-refractivity contribution < 1.29 is 35.1 Å². The van der Waals surface area contributed by atoms with Gasteiger partial charge >= 0.3 is 12.3 Å². The topological polar surface area (TPSA) is 135 Å². The summed E-state index contributed by atoms with van der Waals surface area (Å²) in [6, 6.07) is 0. The van der Waals surface area contributed by atoms with Crippen LogP contribution >= 0.6 is 0 Å². The molecule has 0 aliphatic rings. The van der Waals surface area contributed by atoms with Crippen molar-refractivity contribution in [2.45, 2.75) is 41.5 Å². The molecule has 0 aromatic carbocycles. The summed E-state index contributed by atoms with van der Waals surface area (Å²) in [7, 11) is 1.00. The number of rotatable bonds is 0. The summed E-state index contributed by atoms with van der Waals surface area (Å²) in [5.74, 6) is 1.67. The zero-order valence-corrected chi connectivity index (χ0v) is 12.2. The number of aliphatic hydroxyl groups excluding tert-OH is 1. The summed E-state index contributed by atoms with van der Waals surface area (Å²) in [5, 5.41) is 34.9. The highest BCUT2D eigenvalue weighted by Crippen LogP contribution is 1.81. The molecule has 0 radical (unpaired) electrons. The second kappa shape index (κ2) is 29.6. The Kier molecular flexibility index (Phi) is 49.2. The lowest BCUT2D eigenvalue weighted by molar-refractivity contribution is 0.135. The molecular formula is C11H28O7. The van der Waals surface area contributed by atoms with Crippen LogP contribution in [0.2, 0.25) is 0 Å². The zero-order valence-electron chi connectivity index (χ0n) is 12.2. The Labute approximate surface area is 109 Å². The Morgan fingerprint density at radius 2 is 0.611 bits per heavy atom. The number of aliphatic hydroxyl groups is 1. The first-order valence-corrected chi connectivity index (χ1v) is 5.21. The van der Waals surface area contributed by atoms with Gasteiger partial charge in [0.15, 0.2) is 0 Å². The van der Waals surface area contributed by atoms with Crippen LogP contribution in [-0.4, -0.2) is 45.0 Å². The van der Waals surface area contributed by atoms with Crippen LogP contribution in [0.3, 0.4) is 0 Å². The monoisotopic (exact) mass is 272 g/mol. The van der Waals surface area contributed by atoms with Crippen molar-refractivity contribution in [2.24, 2.45) is 11.8 Å². The largest absolute Gasteiger partial charge is 0.503 e. The molecule has 7 heteroatoms. The Bertz CT molecular complexity index is 124. The Morgan fingerprint density at radius 3 is 0.611 bits per heavy atom. The lowest BCUT2D eigenvalue weighted by atomic mass is 10.3. The van der Waals surface area contributed by atoms with E-state index in [1.54, 1.807) is 0 Å². The van der Waals surface area contributed by atoms with Gasteiger partial charge in [0.05, 0.1) is 0 Å². The summed E-state index contributed by atoms with van der Waals surface area (Å²) in [5.41, 5.74) is 0. The SMILES string of the molecule is CC(C)C.CC(C)C.CO.O=C(O)O.O=C(O)O. The fourth-order valence-electron chi connectivity index (χ4n) is 0. The van der Waals surface area contributed by atoms with E-state index in [0.717, 1.165) is 18.9 Å². The minimum Gasteiger partial charge on any atom is -0.450 e. The summed E-state index contributed by atoms with van der Waals surface area (Å²) >= 11 is 0. The normalized spacial score (nSPS) is 7.00. The van der Waals surface area contributed by atoms with E-state index >= 15 is 0 Å². The van der Waals surface area contributed by atoms with Gasteiger partial charge < -0.3 is 25.5 Å². The fourth-order valence-corrected chi connectivity index (χ4v) is 0. The molecule has 0 saturated carbocycles. The van der Waals surface area contributed by atoms with E-state index < -0.39 is 12.3 Å². The number of hydrogen-bond donors (Lipinski definition) is 5. The van der Waals surface area contributed by atoms with E-state index in [4.69, 9.17) is 35.1 Å². The number of carbonyl (C=O) groups is 2. The predicted octanol–water partition coefficient (Wildman–Crippen LogP) is 3.38. The highest BCUT2D eigenvalue weighted by Gasteiger charge is 1.70. The summed E-state index contributed by atoms with van der Waals surface area (Å²) < 4.78 is 0. The standard InChI is InChI=1S/2C4H10.2CH2O3.CH4O/c2*1-4(2)3;2*2-1(3)4;1-2/h2*4H,1-3H3;2*(H2,2,3,4);2H,1H3. The van der Waals surface area contributed by atoms with E-state index in [0.29, 0.717) is 0 Å². The van der Waals surface area contributed by atoms with Gasteiger partial charge in [-0.3, -0.25) is 0 Å². The van der Waals surface area contributed by atoms with Crippen molar-refractivity contribution in [1.29, 1.82) is 0 Å². The van der Waals surface area contributed by atoms with Crippen LogP contribution in [0.25, 0.3) is 0 Å². The van der Waals surface area contributed by atoms with Crippen LogP contribution in [-0.2, 0) is 0 Å². The average molecular weight is 272 g/mol. The molecule has 0 bridgehead atoms. The molecule has 0 atom stereocenters. The van der Waals surface area contributed by atoms with E-state index in [9.17, 15) is 0 Å². The summed E-state index contributed by atoms with van der Waals surface area (Å²) in [6.45, 7) is 13.0. The summed E-state index contributed by atoms with van der Waals surface area (Å²) in [4.78, 5) is 17.1. The first-order valence-electron chi connectivity index (χ1n) is 5.21. The molecule has 0 aliphatic heterocycles. The molecule has 0 aromatic rings. The molecule has 0 amide bonds. The van der Waals surface area contributed by atoms with Crippen LogP contribution in [0.5, 0.6) is 0 Å². The van der Waals surface area contributed by atoms with Crippen molar-refractivity contribution >= 4 is 12.3 Å². The Balaban J connectivity index is -0.0000000399. The van der Waals surface area contributed by atoms with E-state index in [-0.39, 0.29) is 0 Å². The van der Waals surface area contributed by atoms with Gasteiger partial charge in [-0.05, 0) is 11.8 Å². The van der Waals surface area contributed by atoms with Crippen molar-refractivity contribution in [3.8, 4) is 0 Å². The van der Waals surface area contributed by atoms with Crippen molar-refractivity contribution in [1.82, 2.24) is 0 Å². The van der Waals surface area contributed by atoms with Gasteiger partial charge in [-0.1, -0.05) is 41.5 Å². The molecule has 0 spiro atoms. The van der Waals surface area contributed by atoms with Crippen molar-refractivity contribution in [3.63, 3.8) is 0 Å². The first kappa shape index (κ1) is 30.0.